The van der Waals surface area contributed by atoms with Gasteiger partial charge in [-0.05, 0) is 35.2 Å². The van der Waals surface area contributed by atoms with E-state index < -0.39 is 5.97 Å². The number of halogens is 1. The number of carbonyl (C=O) groups is 2. The van der Waals surface area contributed by atoms with Gasteiger partial charge in [0.1, 0.15) is 6.29 Å². The average molecular weight is 324 g/mol. The second kappa shape index (κ2) is 14.1. The van der Waals surface area contributed by atoms with Crippen LogP contribution in [-0.2, 0) is 9.59 Å². The fourth-order valence-electron chi connectivity index (χ4n) is 0.637. The van der Waals surface area contributed by atoms with Gasteiger partial charge in [0.15, 0.2) is 0 Å². The molecule has 0 spiro atoms. The summed E-state index contributed by atoms with van der Waals surface area (Å²) in [7, 11) is 0. The van der Waals surface area contributed by atoms with Gasteiger partial charge in [-0.25, -0.2) is 0 Å². The van der Waals surface area contributed by atoms with E-state index in [0.29, 0.717) is 6.29 Å². The van der Waals surface area contributed by atoms with Crippen molar-refractivity contribution >= 4 is 34.3 Å². The molecule has 0 aromatic heterocycles. The average Bonchev–Trinajstić information content (AvgIpc) is 2.41. The zero-order valence-electron chi connectivity index (χ0n) is 10.7. The number of rotatable bonds is 3. The number of carbonyl (C=O) groups excluding carboxylic acids is 2. The Morgan fingerprint density at radius 2 is 1.74 bits per heavy atom. The van der Waals surface area contributed by atoms with E-state index in [9.17, 15) is 9.90 Å². The van der Waals surface area contributed by atoms with Crippen LogP contribution in [0.5, 0.6) is 0 Å². The highest BCUT2D eigenvalue weighted by Gasteiger charge is 1.78. The molecule has 0 aliphatic rings. The molecule has 3 nitrogen and oxygen atoms in total. The minimum atomic E-state index is -1.19. The molecule has 0 N–H and O–H groups in total. The van der Waals surface area contributed by atoms with Crippen LogP contribution in [0.15, 0.2) is 60.1 Å². The lowest BCUT2D eigenvalue weighted by Crippen LogP contribution is -2.22. The molecule has 0 saturated heterocycles. The van der Waals surface area contributed by atoms with E-state index in [1.54, 1.807) is 0 Å². The molecule has 4 heteroatoms. The van der Waals surface area contributed by atoms with Crippen LogP contribution in [0.2, 0.25) is 0 Å². The Morgan fingerprint density at radius 1 is 1.32 bits per heavy atom. The second-order valence-electron chi connectivity index (χ2n) is 3.14. The van der Waals surface area contributed by atoms with Crippen LogP contribution < -0.4 is 5.11 Å². The fourth-order valence-corrected chi connectivity index (χ4v) is 0.942. The van der Waals surface area contributed by atoms with Crippen molar-refractivity contribution in [3.05, 3.63) is 65.7 Å². The third-order valence-corrected chi connectivity index (χ3v) is 1.76. The molecule has 1 rings (SSSR count). The highest BCUT2D eigenvalue weighted by Crippen LogP contribution is 2.01. The molecule has 0 fully saturated rings. The summed E-state index contributed by atoms with van der Waals surface area (Å²) in [4.78, 5) is 20.4. The van der Waals surface area contributed by atoms with Crippen molar-refractivity contribution in [1.29, 1.82) is 0 Å². The molecule has 0 amide bonds. The van der Waals surface area contributed by atoms with E-state index in [1.165, 1.54) is 18.6 Å². The van der Waals surface area contributed by atoms with Crippen molar-refractivity contribution in [3.63, 3.8) is 0 Å². The lowest BCUT2D eigenvalue weighted by atomic mass is 10.2. The molecule has 1 aromatic carbocycles. The maximum atomic E-state index is 9.49. The van der Waals surface area contributed by atoms with Crippen LogP contribution in [0.25, 0.3) is 6.08 Å². The van der Waals surface area contributed by atoms with E-state index >= 15 is 0 Å². The van der Waals surface area contributed by atoms with Crippen molar-refractivity contribution in [2.75, 3.05) is 0 Å². The van der Waals surface area contributed by atoms with Crippen molar-refractivity contribution < 1.29 is 14.7 Å². The molecular formula is C15H16BrO3-. The van der Waals surface area contributed by atoms with Gasteiger partial charge < -0.3 is 9.90 Å². The quantitative estimate of drug-likeness (QED) is 0.634. The molecule has 0 atom stereocenters. The Balaban J connectivity index is 0. The second-order valence-corrected chi connectivity index (χ2v) is 3.67. The van der Waals surface area contributed by atoms with E-state index in [4.69, 9.17) is 4.79 Å². The first-order chi connectivity index (χ1) is 8.99. The first-order valence-electron chi connectivity index (χ1n) is 5.24. The van der Waals surface area contributed by atoms with Crippen LogP contribution in [0, 0.1) is 0 Å². The van der Waals surface area contributed by atoms with Crippen molar-refractivity contribution in [3.8, 4) is 0 Å². The molecule has 0 bridgehead atoms. The molecule has 102 valence electrons. The van der Waals surface area contributed by atoms with Crippen LogP contribution in [0.1, 0.15) is 12.5 Å². The maximum Gasteiger partial charge on any atom is 0.142 e. The van der Waals surface area contributed by atoms with E-state index in [-0.39, 0.29) is 5.57 Å². The summed E-state index contributed by atoms with van der Waals surface area (Å²) < 4.78 is 0. The number of hydrogen-bond acceptors (Lipinski definition) is 3. The topological polar surface area (TPSA) is 57.2 Å². The first kappa shape index (κ1) is 19.4. The van der Waals surface area contributed by atoms with Crippen LogP contribution >= 0.6 is 15.9 Å². The number of carboxylic acids is 1. The molecular weight excluding hydrogens is 308 g/mol. The van der Waals surface area contributed by atoms with E-state index in [0.717, 1.165) is 0 Å². The largest absolute Gasteiger partial charge is 0.545 e. The number of carboxylic acid groups (broad SMARTS) is 1. The summed E-state index contributed by atoms with van der Waals surface area (Å²) in [5, 5.41) is 9.49. The molecule has 0 unspecified atom stereocenters. The number of allylic oxidation sites excluding steroid dienone is 1. The first-order valence-corrected chi connectivity index (χ1v) is 6.16. The monoisotopic (exact) mass is 323 g/mol. The van der Waals surface area contributed by atoms with Gasteiger partial charge in [-0.3, -0.25) is 4.79 Å². The van der Waals surface area contributed by atoms with Gasteiger partial charge in [0.25, 0.3) is 0 Å². The van der Waals surface area contributed by atoms with Crippen molar-refractivity contribution in [1.82, 2.24) is 0 Å². The van der Waals surface area contributed by atoms with Gasteiger partial charge >= 0.3 is 0 Å². The van der Waals surface area contributed by atoms with E-state index in [2.05, 4.69) is 41.2 Å². The molecule has 0 saturated carbocycles. The highest BCUT2D eigenvalue weighted by molar-refractivity contribution is 9.11. The minimum Gasteiger partial charge on any atom is -0.545 e. The van der Waals surface area contributed by atoms with Gasteiger partial charge in [-0.1, -0.05) is 59.4 Å². The summed E-state index contributed by atoms with van der Waals surface area (Å²) in [5.74, 6) is -1.19. The van der Waals surface area contributed by atoms with Gasteiger partial charge in [0.05, 0.1) is 5.97 Å². The third kappa shape index (κ3) is 16.1. The standard InChI is InChI=1S/C8H7Br.C4H6O2.C3H4O/c9-7-6-8-4-2-1-3-5-8;1-3(2)4(5)6;1-2-3-4/h1-7H;1H2,2H3,(H,5,6);2-3H,1H2/p-1. The summed E-state index contributed by atoms with van der Waals surface area (Å²) >= 11 is 3.21. The summed E-state index contributed by atoms with van der Waals surface area (Å²) in [6.45, 7) is 7.59. The lowest BCUT2D eigenvalue weighted by molar-refractivity contribution is -0.299. The summed E-state index contributed by atoms with van der Waals surface area (Å²) in [6, 6.07) is 10.1. The van der Waals surface area contributed by atoms with E-state index in [1.807, 2.05) is 29.3 Å². The van der Waals surface area contributed by atoms with Crippen LogP contribution in [-0.4, -0.2) is 12.3 Å². The van der Waals surface area contributed by atoms with Gasteiger partial charge in [-0.15, -0.1) is 0 Å². The van der Waals surface area contributed by atoms with Gasteiger partial charge in [0, 0.05) is 0 Å². The smallest absolute Gasteiger partial charge is 0.142 e. The molecule has 0 aliphatic carbocycles. The zero-order chi connectivity index (χ0) is 15.1. The fraction of sp³-hybridized carbons (Fsp3) is 0.0667. The number of aliphatic carboxylic acids is 1. The predicted molar refractivity (Wildman–Crippen MR) is 80.5 cm³/mol. The third-order valence-electron chi connectivity index (χ3n) is 1.50. The molecule has 0 radical (unpaired) electrons. The minimum absolute atomic E-state index is 0.0648. The SMILES string of the molecule is BrC=Cc1ccccc1.C=C(C)C(=O)[O-].C=CC=O. The Kier molecular flexibility index (Phi) is 14.4. The Morgan fingerprint density at radius 3 is 2.00 bits per heavy atom. The van der Waals surface area contributed by atoms with Crippen molar-refractivity contribution in [2.45, 2.75) is 6.92 Å². The predicted octanol–water partition coefficient (Wildman–Crippen LogP) is 2.74. The highest BCUT2D eigenvalue weighted by atomic mass is 79.9. The maximum absolute atomic E-state index is 9.49. The Bertz CT molecular complexity index is 404. The lowest BCUT2D eigenvalue weighted by Gasteiger charge is -1.93. The molecule has 1 aromatic rings. The number of benzene rings is 1. The van der Waals surface area contributed by atoms with Crippen molar-refractivity contribution in [2.24, 2.45) is 0 Å². The van der Waals surface area contributed by atoms with Gasteiger partial charge in [0.2, 0.25) is 0 Å². The summed E-state index contributed by atoms with van der Waals surface area (Å²) in [5.41, 5.74) is 1.28. The summed E-state index contributed by atoms with van der Waals surface area (Å²) in [6.07, 6.45) is 3.83. The Labute approximate surface area is 122 Å². The number of hydrogen-bond donors (Lipinski definition) is 0. The molecule has 0 aliphatic heterocycles. The molecule has 19 heavy (non-hydrogen) atoms. The van der Waals surface area contributed by atoms with Gasteiger partial charge in [-0.2, -0.15) is 0 Å². The normalized spacial score (nSPS) is 8.32. The van der Waals surface area contributed by atoms with Crippen LogP contribution in [0.3, 0.4) is 0 Å². The number of aldehydes is 1. The van der Waals surface area contributed by atoms with Crippen LogP contribution in [0.4, 0.5) is 0 Å². The Hall–Kier alpha value is -1.94. The zero-order valence-corrected chi connectivity index (χ0v) is 12.3. The molecule has 0 heterocycles.